The molecule has 66 valence electrons. The van der Waals surface area contributed by atoms with Gasteiger partial charge in [0.25, 0.3) is 0 Å². The van der Waals surface area contributed by atoms with Gasteiger partial charge < -0.3 is 5.73 Å². The Morgan fingerprint density at radius 1 is 1.23 bits per heavy atom. The van der Waals surface area contributed by atoms with E-state index < -0.39 is 0 Å². The van der Waals surface area contributed by atoms with Gasteiger partial charge >= 0.3 is 0 Å². The number of nitrogen functional groups attached to an aromatic ring is 1. The summed E-state index contributed by atoms with van der Waals surface area (Å²) in [6.07, 6.45) is 0.815. The van der Waals surface area contributed by atoms with E-state index in [1.807, 2.05) is 31.2 Å². The second-order valence-corrected chi connectivity index (χ2v) is 2.90. The van der Waals surface area contributed by atoms with E-state index in [4.69, 9.17) is 5.73 Å². The van der Waals surface area contributed by atoms with Gasteiger partial charge in [-0.15, -0.1) is 0 Å². The summed E-state index contributed by atoms with van der Waals surface area (Å²) >= 11 is 0. The molecule has 0 amide bonds. The maximum atomic E-state index is 5.78. The summed E-state index contributed by atoms with van der Waals surface area (Å²) in [5, 5.41) is 0.930. The maximum Gasteiger partial charge on any atom is 0.135 e. The first kappa shape index (κ1) is 7.98. The molecule has 0 saturated heterocycles. The molecule has 0 spiro atoms. The SMILES string of the molecule is CCc1nc(N)c2ccccc2n1. The Labute approximate surface area is 76.6 Å². The van der Waals surface area contributed by atoms with Gasteiger partial charge in [-0.2, -0.15) is 0 Å². The van der Waals surface area contributed by atoms with Gasteiger partial charge in [0.15, 0.2) is 0 Å². The number of anilines is 1. The fourth-order valence-corrected chi connectivity index (χ4v) is 1.31. The van der Waals surface area contributed by atoms with Gasteiger partial charge in [-0.25, -0.2) is 9.97 Å². The number of para-hydroxylation sites is 1. The van der Waals surface area contributed by atoms with E-state index in [0.717, 1.165) is 23.1 Å². The number of hydrogen-bond donors (Lipinski definition) is 1. The standard InChI is InChI=1S/C10H11N3/c1-2-9-12-8-6-4-3-5-7(8)10(11)13-9/h3-6H,2H2,1H3,(H2,11,12,13). The van der Waals surface area contributed by atoms with Gasteiger partial charge in [0.1, 0.15) is 11.6 Å². The summed E-state index contributed by atoms with van der Waals surface area (Å²) in [5.74, 6) is 1.37. The predicted molar refractivity (Wildman–Crippen MR) is 53.3 cm³/mol. The number of nitrogens with two attached hydrogens (primary N) is 1. The lowest BCUT2D eigenvalue weighted by atomic mass is 10.2. The molecule has 1 heterocycles. The second-order valence-electron chi connectivity index (χ2n) is 2.90. The summed E-state index contributed by atoms with van der Waals surface area (Å²) in [7, 11) is 0. The van der Waals surface area contributed by atoms with Gasteiger partial charge in [-0.1, -0.05) is 19.1 Å². The van der Waals surface area contributed by atoms with E-state index >= 15 is 0 Å². The van der Waals surface area contributed by atoms with E-state index in [2.05, 4.69) is 9.97 Å². The van der Waals surface area contributed by atoms with Gasteiger partial charge in [0, 0.05) is 11.8 Å². The Morgan fingerprint density at radius 2 is 2.00 bits per heavy atom. The van der Waals surface area contributed by atoms with Crippen LogP contribution in [0.1, 0.15) is 12.7 Å². The predicted octanol–water partition coefficient (Wildman–Crippen LogP) is 1.77. The molecular formula is C10H11N3. The molecule has 0 fully saturated rings. The first-order valence-corrected chi connectivity index (χ1v) is 4.32. The summed E-state index contributed by atoms with van der Waals surface area (Å²) < 4.78 is 0. The van der Waals surface area contributed by atoms with E-state index in [-0.39, 0.29) is 0 Å². The van der Waals surface area contributed by atoms with Crippen LogP contribution in [0.4, 0.5) is 5.82 Å². The van der Waals surface area contributed by atoms with Crippen molar-refractivity contribution in [1.82, 2.24) is 9.97 Å². The van der Waals surface area contributed by atoms with Crippen LogP contribution in [0.25, 0.3) is 10.9 Å². The number of aromatic nitrogens is 2. The van der Waals surface area contributed by atoms with E-state index in [0.29, 0.717) is 5.82 Å². The molecule has 13 heavy (non-hydrogen) atoms. The number of nitrogens with zero attached hydrogens (tertiary/aromatic N) is 2. The molecule has 0 radical (unpaired) electrons. The average Bonchev–Trinajstić information content (AvgIpc) is 2.18. The minimum Gasteiger partial charge on any atom is -0.383 e. The molecule has 0 bridgehead atoms. The molecular weight excluding hydrogens is 162 g/mol. The molecule has 2 N–H and O–H groups in total. The van der Waals surface area contributed by atoms with Crippen molar-refractivity contribution < 1.29 is 0 Å². The number of benzene rings is 1. The zero-order valence-electron chi connectivity index (χ0n) is 7.49. The molecule has 0 unspecified atom stereocenters. The van der Waals surface area contributed by atoms with Gasteiger partial charge in [-0.05, 0) is 12.1 Å². The highest BCUT2D eigenvalue weighted by molar-refractivity contribution is 5.87. The molecule has 0 aliphatic rings. The second kappa shape index (κ2) is 3.01. The van der Waals surface area contributed by atoms with Crippen LogP contribution in [0.15, 0.2) is 24.3 Å². The van der Waals surface area contributed by atoms with Crippen LogP contribution in [-0.4, -0.2) is 9.97 Å². The van der Waals surface area contributed by atoms with Crippen LogP contribution in [0.2, 0.25) is 0 Å². The van der Waals surface area contributed by atoms with Crippen molar-refractivity contribution in [3.63, 3.8) is 0 Å². The smallest absolute Gasteiger partial charge is 0.135 e. The molecule has 1 aromatic heterocycles. The molecule has 2 aromatic rings. The van der Waals surface area contributed by atoms with Crippen LogP contribution < -0.4 is 5.73 Å². The zero-order chi connectivity index (χ0) is 9.26. The topological polar surface area (TPSA) is 51.8 Å². The Bertz CT molecular complexity index is 437. The van der Waals surface area contributed by atoms with Crippen LogP contribution in [-0.2, 0) is 6.42 Å². The van der Waals surface area contributed by atoms with Crippen molar-refractivity contribution in [1.29, 1.82) is 0 Å². The lowest BCUT2D eigenvalue weighted by molar-refractivity contribution is 0.966. The fourth-order valence-electron chi connectivity index (χ4n) is 1.31. The third-order valence-electron chi connectivity index (χ3n) is 2.00. The van der Waals surface area contributed by atoms with E-state index in [1.54, 1.807) is 0 Å². The van der Waals surface area contributed by atoms with Crippen molar-refractivity contribution in [3.8, 4) is 0 Å². The Kier molecular flexibility index (Phi) is 1.85. The van der Waals surface area contributed by atoms with Gasteiger partial charge in [0.05, 0.1) is 5.52 Å². The number of rotatable bonds is 1. The van der Waals surface area contributed by atoms with E-state index in [9.17, 15) is 0 Å². The highest BCUT2D eigenvalue weighted by Crippen LogP contribution is 2.16. The summed E-state index contributed by atoms with van der Waals surface area (Å²) in [4.78, 5) is 8.55. The Hall–Kier alpha value is -1.64. The van der Waals surface area contributed by atoms with Crippen molar-refractivity contribution >= 4 is 16.7 Å². The average molecular weight is 173 g/mol. The normalized spacial score (nSPS) is 10.5. The zero-order valence-corrected chi connectivity index (χ0v) is 7.49. The quantitative estimate of drug-likeness (QED) is 0.715. The number of aryl methyl sites for hydroxylation is 1. The van der Waals surface area contributed by atoms with Crippen molar-refractivity contribution in [3.05, 3.63) is 30.1 Å². The minimum absolute atomic E-state index is 0.572. The molecule has 3 heteroatoms. The van der Waals surface area contributed by atoms with Crippen LogP contribution in [0, 0.1) is 0 Å². The van der Waals surface area contributed by atoms with Gasteiger partial charge in [-0.3, -0.25) is 0 Å². The summed E-state index contributed by atoms with van der Waals surface area (Å²) in [6.45, 7) is 2.02. The van der Waals surface area contributed by atoms with Crippen LogP contribution in [0.5, 0.6) is 0 Å². The molecule has 3 nitrogen and oxygen atoms in total. The first-order valence-electron chi connectivity index (χ1n) is 4.32. The lowest BCUT2D eigenvalue weighted by Crippen LogP contribution is -1.99. The van der Waals surface area contributed by atoms with Crippen molar-refractivity contribution in [2.45, 2.75) is 13.3 Å². The van der Waals surface area contributed by atoms with E-state index in [1.165, 1.54) is 0 Å². The van der Waals surface area contributed by atoms with Crippen molar-refractivity contribution in [2.24, 2.45) is 0 Å². The third-order valence-corrected chi connectivity index (χ3v) is 2.00. The Morgan fingerprint density at radius 3 is 2.77 bits per heavy atom. The maximum absolute atomic E-state index is 5.78. The van der Waals surface area contributed by atoms with Crippen molar-refractivity contribution in [2.75, 3.05) is 5.73 Å². The molecule has 1 aromatic carbocycles. The number of fused-ring (bicyclic) bond motifs is 1. The highest BCUT2D eigenvalue weighted by atomic mass is 14.9. The number of hydrogen-bond acceptors (Lipinski definition) is 3. The molecule has 0 aliphatic carbocycles. The highest BCUT2D eigenvalue weighted by Gasteiger charge is 2.01. The first-order chi connectivity index (χ1) is 6.31. The molecule has 0 aliphatic heterocycles. The largest absolute Gasteiger partial charge is 0.383 e. The minimum atomic E-state index is 0.572. The lowest BCUT2D eigenvalue weighted by Gasteiger charge is -2.02. The summed E-state index contributed by atoms with van der Waals surface area (Å²) in [6, 6.07) is 7.78. The molecule has 2 rings (SSSR count). The van der Waals surface area contributed by atoms with Gasteiger partial charge in [0.2, 0.25) is 0 Å². The molecule has 0 atom stereocenters. The third kappa shape index (κ3) is 1.33. The molecule has 0 saturated carbocycles. The van der Waals surface area contributed by atoms with Crippen LogP contribution >= 0.6 is 0 Å². The Balaban J connectivity index is 2.77. The monoisotopic (exact) mass is 173 g/mol. The summed E-state index contributed by atoms with van der Waals surface area (Å²) in [5.41, 5.74) is 6.70. The fraction of sp³-hybridized carbons (Fsp3) is 0.200. The van der Waals surface area contributed by atoms with Crippen LogP contribution in [0.3, 0.4) is 0 Å².